The van der Waals surface area contributed by atoms with E-state index in [2.05, 4.69) is 60.6 Å². The first-order chi connectivity index (χ1) is 30.6. The topological polar surface area (TPSA) is 66.4 Å². The van der Waals surface area contributed by atoms with Crippen molar-refractivity contribution >= 4 is 56.9 Å². The summed E-state index contributed by atoms with van der Waals surface area (Å²) in [5.74, 6) is -2.16. The molecule has 0 aliphatic carbocycles. The van der Waals surface area contributed by atoms with Gasteiger partial charge in [-0.25, -0.2) is 18.7 Å². The molecule has 0 unspecified atom stereocenters. The predicted molar refractivity (Wildman–Crippen MR) is 266 cm³/mol. The van der Waals surface area contributed by atoms with E-state index < -0.39 is 17.0 Å². The van der Waals surface area contributed by atoms with Gasteiger partial charge in [-0.1, -0.05) is 146 Å². The van der Waals surface area contributed by atoms with Crippen LogP contribution in [-0.4, -0.2) is 44.7 Å². The zero-order valence-electron chi connectivity index (χ0n) is 40.6. The first kappa shape index (κ1) is 49.7. The van der Waals surface area contributed by atoms with Gasteiger partial charge >= 0.3 is 0 Å². The lowest BCUT2D eigenvalue weighted by atomic mass is 9.84. The molecule has 5 heterocycles. The van der Waals surface area contributed by atoms with Gasteiger partial charge in [-0.15, -0.1) is 22.7 Å². The Bertz CT molecular complexity index is 2360. The Balaban J connectivity index is 1.56. The zero-order chi connectivity index (χ0) is 46.3. The number of aryl methyl sites for hydroxylation is 2. The van der Waals surface area contributed by atoms with Crippen molar-refractivity contribution in [2.75, 3.05) is 13.1 Å². The highest BCUT2D eigenvalue weighted by Crippen LogP contribution is 2.51. The molecule has 0 fully saturated rings. The highest BCUT2D eigenvalue weighted by molar-refractivity contribution is 7.16. The Hall–Kier alpha value is -3.76. The molecule has 2 aliphatic rings. The number of halogens is 2. The summed E-state index contributed by atoms with van der Waals surface area (Å²) < 4.78 is 33.9. The number of carbonyl (C=O) groups excluding carboxylic acids is 2. The van der Waals surface area contributed by atoms with Gasteiger partial charge in [0, 0.05) is 28.4 Å². The van der Waals surface area contributed by atoms with E-state index in [1.165, 1.54) is 16.2 Å². The maximum atomic E-state index is 17.1. The van der Waals surface area contributed by atoms with Crippen LogP contribution in [0, 0.1) is 11.6 Å². The van der Waals surface area contributed by atoms with Gasteiger partial charge in [0.15, 0.2) is 11.6 Å². The maximum absolute atomic E-state index is 17.1. The number of aromatic nitrogens is 2. The van der Waals surface area contributed by atoms with Gasteiger partial charge in [0.1, 0.15) is 5.52 Å². The van der Waals surface area contributed by atoms with Crippen LogP contribution in [0.3, 0.4) is 0 Å². The van der Waals surface area contributed by atoms with Crippen molar-refractivity contribution in [1.29, 1.82) is 0 Å². The summed E-state index contributed by atoms with van der Waals surface area (Å²) in [6.45, 7) is 22.0. The average Bonchev–Trinajstić information content (AvgIpc) is 4.04. The molecule has 0 bridgehead atoms. The minimum Gasteiger partial charge on any atom is -0.306 e. The molecule has 0 radical (unpaired) electrons. The average molecular weight is 913 g/mol. The first-order valence-corrected chi connectivity index (χ1v) is 26.3. The van der Waals surface area contributed by atoms with Crippen LogP contribution in [-0.2, 0) is 33.3 Å². The third-order valence-electron chi connectivity index (χ3n) is 12.8. The van der Waals surface area contributed by atoms with Crippen LogP contribution >= 0.6 is 22.7 Å². The number of amides is 2. The standard InChI is InChI=1S/C54H74F2N4O2S2/c1-11-15-19-23-27-35-36(28-24-20-16-12-2)58-48-44(54(8,9)10)46(56)45(55)41(47(48)57-35)37-29-30-38(63-37)49-42-43(52(62)59(49)33-25-21-17-13-3)50(39-31-32-40(64-39)53(5,6)7)60(51(42)61)34-26-22-18-14-4/h29-32H,11-28,33-34H2,1-10H3. The molecule has 64 heavy (non-hydrogen) atoms. The van der Waals surface area contributed by atoms with Crippen LogP contribution in [0.25, 0.3) is 32.9 Å². The van der Waals surface area contributed by atoms with Crippen molar-refractivity contribution in [3.63, 3.8) is 0 Å². The number of thiophene rings is 2. The van der Waals surface area contributed by atoms with Crippen molar-refractivity contribution in [3.8, 4) is 10.4 Å². The van der Waals surface area contributed by atoms with Crippen molar-refractivity contribution in [3.05, 3.63) is 78.6 Å². The maximum Gasteiger partial charge on any atom is 0.261 e. The third kappa shape index (κ3) is 10.6. The highest BCUT2D eigenvalue weighted by atomic mass is 32.1. The summed E-state index contributed by atoms with van der Waals surface area (Å²) in [4.78, 5) is 47.5. The number of rotatable bonds is 23. The fourth-order valence-electron chi connectivity index (χ4n) is 9.23. The Kier molecular flexibility index (Phi) is 16.8. The molecule has 0 spiro atoms. The lowest BCUT2D eigenvalue weighted by molar-refractivity contribution is -0.124. The van der Waals surface area contributed by atoms with E-state index >= 15 is 18.4 Å². The number of benzene rings is 1. The van der Waals surface area contributed by atoms with E-state index in [0.29, 0.717) is 56.4 Å². The number of hydrogen-bond acceptors (Lipinski definition) is 6. The molecular weight excluding hydrogens is 839 g/mol. The molecule has 0 saturated heterocycles. The number of carbonyl (C=O) groups is 2. The SMILES string of the molecule is CCCCCCc1nc2c(-c3ccc(C4=C5C(=O)N(CCCCCC)C(c6ccc(C(C)(C)C)s6)=C5C(=O)N4CCCCCC)s3)c(F)c(F)c(C(C)(C)C)c2nc1CCCCCC. The van der Waals surface area contributed by atoms with Gasteiger partial charge in [0.05, 0.1) is 54.8 Å². The van der Waals surface area contributed by atoms with E-state index in [9.17, 15) is 0 Å². The van der Waals surface area contributed by atoms with Crippen molar-refractivity contribution in [2.24, 2.45) is 0 Å². The van der Waals surface area contributed by atoms with Crippen molar-refractivity contribution in [1.82, 2.24) is 19.8 Å². The lowest BCUT2D eigenvalue weighted by Crippen LogP contribution is -2.30. The second kappa shape index (κ2) is 21.7. The van der Waals surface area contributed by atoms with Gasteiger partial charge in [-0.05, 0) is 73.6 Å². The molecule has 2 amide bonds. The highest BCUT2D eigenvalue weighted by Gasteiger charge is 2.49. The van der Waals surface area contributed by atoms with E-state index in [1.807, 2.05) is 37.8 Å². The molecule has 6 nitrogen and oxygen atoms in total. The monoisotopic (exact) mass is 913 g/mol. The normalized spacial score (nSPS) is 14.8. The Morgan fingerprint density at radius 2 is 0.953 bits per heavy atom. The zero-order valence-corrected chi connectivity index (χ0v) is 42.3. The van der Waals surface area contributed by atoms with Gasteiger partial charge < -0.3 is 9.80 Å². The minimum atomic E-state index is -0.935. The van der Waals surface area contributed by atoms with E-state index in [0.717, 1.165) is 132 Å². The van der Waals surface area contributed by atoms with E-state index in [1.54, 1.807) is 16.2 Å². The molecule has 3 aromatic heterocycles. The van der Waals surface area contributed by atoms with Gasteiger partial charge in [0.2, 0.25) is 0 Å². The molecule has 0 atom stereocenters. The first-order valence-electron chi connectivity index (χ1n) is 24.6. The molecule has 6 rings (SSSR count). The quantitative estimate of drug-likeness (QED) is 0.0696. The third-order valence-corrected chi connectivity index (χ3v) is 15.4. The summed E-state index contributed by atoms with van der Waals surface area (Å²) in [5, 5.41) is 0. The lowest BCUT2D eigenvalue weighted by Gasteiger charge is -2.25. The van der Waals surface area contributed by atoms with E-state index in [4.69, 9.17) is 9.97 Å². The second-order valence-electron chi connectivity index (χ2n) is 20.1. The van der Waals surface area contributed by atoms with Crippen LogP contribution in [0.5, 0.6) is 0 Å². The second-order valence-corrected chi connectivity index (χ2v) is 22.3. The fourth-order valence-corrected chi connectivity index (χ4v) is 11.5. The Labute approximate surface area is 391 Å². The fraction of sp³-hybridized carbons (Fsp3) is 0.593. The summed E-state index contributed by atoms with van der Waals surface area (Å²) in [6.07, 6.45) is 17.9. The molecule has 1 aromatic carbocycles. The van der Waals surface area contributed by atoms with Gasteiger partial charge in [-0.3, -0.25) is 9.59 Å². The number of hydrogen-bond donors (Lipinski definition) is 0. The number of nitrogens with zero attached hydrogens (tertiary/aromatic N) is 4. The van der Waals surface area contributed by atoms with Crippen LogP contribution < -0.4 is 0 Å². The Morgan fingerprint density at radius 1 is 0.516 bits per heavy atom. The minimum absolute atomic E-state index is 0.0920. The van der Waals surface area contributed by atoms with Crippen LogP contribution in [0.4, 0.5) is 8.78 Å². The number of unbranched alkanes of at least 4 members (excludes halogenated alkanes) is 12. The smallest absolute Gasteiger partial charge is 0.261 e. The van der Waals surface area contributed by atoms with Crippen molar-refractivity contribution < 1.29 is 18.4 Å². The summed E-state index contributed by atoms with van der Waals surface area (Å²) in [5.41, 5.74) is 4.23. The summed E-state index contributed by atoms with van der Waals surface area (Å²) >= 11 is 2.95. The van der Waals surface area contributed by atoms with E-state index in [-0.39, 0.29) is 28.4 Å². The largest absolute Gasteiger partial charge is 0.306 e. The molecular formula is C54H74F2N4O2S2. The summed E-state index contributed by atoms with van der Waals surface area (Å²) in [7, 11) is 0. The molecule has 10 heteroatoms. The molecule has 2 aliphatic heterocycles. The van der Waals surface area contributed by atoms with Crippen LogP contribution in [0.1, 0.15) is 204 Å². The van der Waals surface area contributed by atoms with Crippen molar-refractivity contribution in [2.45, 2.75) is 196 Å². The number of fused-ring (bicyclic) bond motifs is 2. The van der Waals surface area contributed by atoms with Gasteiger partial charge in [0.25, 0.3) is 11.8 Å². The molecule has 0 saturated carbocycles. The van der Waals surface area contributed by atoms with Gasteiger partial charge in [-0.2, -0.15) is 0 Å². The van der Waals surface area contributed by atoms with Crippen LogP contribution in [0.15, 0.2) is 35.4 Å². The molecule has 0 N–H and O–H groups in total. The van der Waals surface area contributed by atoms with Crippen LogP contribution in [0.2, 0.25) is 0 Å². The predicted octanol–water partition coefficient (Wildman–Crippen LogP) is 15.5. The molecule has 4 aromatic rings. The molecule has 348 valence electrons. The summed E-state index contributed by atoms with van der Waals surface area (Å²) in [6, 6.07) is 7.91. The Morgan fingerprint density at radius 3 is 1.41 bits per heavy atom.